The van der Waals surface area contributed by atoms with E-state index in [1.165, 1.54) is 5.69 Å². The first-order valence-corrected chi connectivity index (χ1v) is 9.22. The number of anilines is 1. The summed E-state index contributed by atoms with van der Waals surface area (Å²) in [5.41, 5.74) is 2.21. The molecule has 1 fully saturated rings. The minimum atomic E-state index is 0.511. The van der Waals surface area contributed by atoms with Gasteiger partial charge in [-0.2, -0.15) is 0 Å². The van der Waals surface area contributed by atoms with Gasteiger partial charge in [-0.25, -0.2) is 15.0 Å². The van der Waals surface area contributed by atoms with Crippen LogP contribution in [-0.4, -0.2) is 47.4 Å². The molecule has 0 radical (unpaired) electrons. The van der Waals surface area contributed by atoms with Crippen LogP contribution < -0.4 is 4.90 Å². The van der Waals surface area contributed by atoms with Crippen molar-refractivity contribution in [2.45, 2.75) is 0 Å². The number of rotatable bonds is 4. The SMILES string of the molecule is C(=N\c1nccc(-c2cccs2)n1)/N1CCN(c2ccccc2)CC1. The number of hydrogen-bond acceptors (Lipinski definition) is 5. The van der Waals surface area contributed by atoms with Gasteiger partial charge in [0.1, 0.15) is 0 Å². The number of aromatic nitrogens is 2. The number of nitrogens with zero attached hydrogens (tertiary/aromatic N) is 5. The van der Waals surface area contributed by atoms with E-state index in [1.807, 2.05) is 23.9 Å². The van der Waals surface area contributed by atoms with Crippen molar-refractivity contribution in [3.63, 3.8) is 0 Å². The van der Waals surface area contributed by atoms with Gasteiger partial charge in [0.05, 0.1) is 16.9 Å². The second kappa shape index (κ2) is 7.44. The third-order valence-electron chi connectivity index (χ3n) is 4.19. The summed E-state index contributed by atoms with van der Waals surface area (Å²) in [5.74, 6) is 0.511. The summed E-state index contributed by atoms with van der Waals surface area (Å²) in [6.45, 7) is 3.88. The minimum absolute atomic E-state index is 0.511. The lowest BCUT2D eigenvalue weighted by Crippen LogP contribution is -2.45. The van der Waals surface area contributed by atoms with E-state index in [9.17, 15) is 0 Å². The van der Waals surface area contributed by atoms with E-state index in [2.05, 4.69) is 61.2 Å². The van der Waals surface area contributed by atoms with Gasteiger partial charge in [0.15, 0.2) is 0 Å². The summed E-state index contributed by atoms with van der Waals surface area (Å²) in [6, 6.07) is 16.5. The van der Waals surface area contributed by atoms with Crippen molar-refractivity contribution >= 4 is 29.3 Å². The summed E-state index contributed by atoms with van der Waals surface area (Å²) in [5, 5.41) is 2.05. The highest BCUT2D eigenvalue weighted by Crippen LogP contribution is 2.23. The average Bonchev–Trinajstić information content (AvgIpc) is 3.23. The molecule has 3 heterocycles. The Balaban J connectivity index is 1.38. The van der Waals surface area contributed by atoms with Crippen LogP contribution in [0.15, 0.2) is 65.1 Å². The van der Waals surface area contributed by atoms with Crippen molar-refractivity contribution in [1.82, 2.24) is 14.9 Å². The Morgan fingerprint density at radius 2 is 1.80 bits per heavy atom. The van der Waals surface area contributed by atoms with Gasteiger partial charge in [-0.3, -0.25) is 0 Å². The number of aliphatic imine (C=N–C) groups is 1. The highest BCUT2D eigenvalue weighted by atomic mass is 32.1. The Hall–Kier alpha value is -2.73. The van der Waals surface area contributed by atoms with Gasteiger partial charge in [-0.1, -0.05) is 24.3 Å². The second-order valence-electron chi connectivity index (χ2n) is 5.82. The van der Waals surface area contributed by atoms with Gasteiger partial charge >= 0.3 is 0 Å². The molecule has 2 aromatic heterocycles. The van der Waals surface area contributed by atoms with E-state index in [0.717, 1.165) is 36.8 Å². The quantitative estimate of drug-likeness (QED) is 0.532. The maximum Gasteiger partial charge on any atom is 0.251 e. The summed E-state index contributed by atoms with van der Waals surface area (Å²) in [6.07, 6.45) is 3.64. The van der Waals surface area contributed by atoms with E-state index in [1.54, 1.807) is 17.5 Å². The summed E-state index contributed by atoms with van der Waals surface area (Å²) >= 11 is 1.67. The van der Waals surface area contributed by atoms with Crippen molar-refractivity contribution in [3.05, 3.63) is 60.1 Å². The van der Waals surface area contributed by atoms with Crippen molar-refractivity contribution in [1.29, 1.82) is 0 Å². The molecule has 0 bridgehead atoms. The Bertz CT molecular complexity index is 824. The highest BCUT2D eigenvalue weighted by Gasteiger charge is 2.14. The van der Waals surface area contributed by atoms with Gasteiger partial charge in [0.2, 0.25) is 0 Å². The maximum atomic E-state index is 4.53. The van der Waals surface area contributed by atoms with E-state index >= 15 is 0 Å². The average molecular weight is 349 g/mol. The van der Waals surface area contributed by atoms with E-state index in [4.69, 9.17) is 0 Å². The standard InChI is InChI=1S/C19H19N5S/c1-2-5-16(6-3-1)24-12-10-23(11-13-24)15-21-19-20-9-8-17(22-19)18-7-4-14-25-18/h1-9,14-15H,10-13H2/b21-15+. The lowest BCUT2D eigenvalue weighted by Gasteiger charge is -2.35. The van der Waals surface area contributed by atoms with Gasteiger partial charge in [0.25, 0.3) is 5.95 Å². The van der Waals surface area contributed by atoms with Crippen molar-refractivity contribution in [2.75, 3.05) is 31.1 Å². The molecule has 4 rings (SSSR count). The van der Waals surface area contributed by atoms with Gasteiger partial charge in [0, 0.05) is 38.1 Å². The molecule has 0 aliphatic carbocycles. The molecule has 0 atom stereocenters. The summed E-state index contributed by atoms with van der Waals surface area (Å²) < 4.78 is 0. The first-order valence-electron chi connectivity index (χ1n) is 8.34. The number of hydrogen-bond donors (Lipinski definition) is 0. The Kier molecular flexibility index (Phi) is 4.70. The fourth-order valence-corrected chi connectivity index (χ4v) is 3.54. The summed E-state index contributed by atoms with van der Waals surface area (Å²) in [4.78, 5) is 19.0. The molecule has 5 nitrogen and oxygen atoms in total. The molecular formula is C19H19N5S. The van der Waals surface area contributed by atoms with Crippen LogP contribution in [0.2, 0.25) is 0 Å². The van der Waals surface area contributed by atoms with E-state index in [-0.39, 0.29) is 0 Å². The Labute approximate surface area is 151 Å². The highest BCUT2D eigenvalue weighted by molar-refractivity contribution is 7.13. The van der Waals surface area contributed by atoms with Crippen LogP contribution in [0.3, 0.4) is 0 Å². The van der Waals surface area contributed by atoms with Crippen LogP contribution in [0, 0.1) is 0 Å². The van der Waals surface area contributed by atoms with E-state index < -0.39 is 0 Å². The van der Waals surface area contributed by atoms with Crippen LogP contribution in [0.4, 0.5) is 11.6 Å². The first-order chi connectivity index (χ1) is 12.4. The zero-order valence-corrected chi connectivity index (χ0v) is 14.6. The Morgan fingerprint density at radius 1 is 0.960 bits per heavy atom. The van der Waals surface area contributed by atoms with Crippen molar-refractivity contribution in [2.24, 2.45) is 4.99 Å². The van der Waals surface area contributed by atoms with Crippen molar-refractivity contribution in [3.8, 4) is 10.6 Å². The lowest BCUT2D eigenvalue weighted by atomic mass is 10.2. The second-order valence-corrected chi connectivity index (χ2v) is 6.77. The first kappa shape index (κ1) is 15.8. The molecule has 6 heteroatoms. The molecule has 25 heavy (non-hydrogen) atoms. The van der Waals surface area contributed by atoms with Crippen LogP contribution >= 0.6 is 11.3 Å². The monoisotopic (exact) mass is 349 g/mol. The Morgan fingerprint density at radius 3 is 2.56 bits per heavy atom. The van der Waals surface area contributed by atoms with Crippen molar-refractivity contribution < 1.29 is 0 Å². The van der Waals surface area contributed by atoms with Crippen LogP contribution in [0.25, 0.3) is 10.6 Å². The molecule has 0 spiro atoms. The third-order valence-corrected chi connectivity index (χ3v) is 5.08. The number of para-hydroxylation sites is 1. The molecule has 1 saturated heterocycles. The maximum absolute atomic E-state index is 4.53. The minimum Gasteiger partial charge on any atom is -0.368 e. The molecule has 3 aromatic rings. The predicted molar refractivity (Wildman–Crippen MR) is 104 cm³/mol. The van der Waals surface area contributed by atoms with Crippen LogP contribution in [-0.2, 0) is 0 Å². The fourth-order valence-electron chi connectivity index (χ4n) is 2.84. The number of piperazine rings is 1. The zero-order valence-electron chi connectivity index (χ0n) is 13.8. The topological polar surface area (TPSA) is 44.6 Å². The molecule has 0 saturated carbocycles. The molecule has 126 valence electrons. The van der Waals surface area contributed by atoms with Gasteiger partial charge < -0.3 is 9.80 Å². The number of thiophene rings is 1. The molecular weight excluding hydrogens is 330 g/mol. The zero-order chi connectivity index (χ0) is 16.9. The van der Waals surface area contributed by atoms with Gasteiger partial charge in [-0.05, 0) is 29.6 Å². The number of benzene rings is 1. The molecule has 1 aliphatic heterocycles. The van der Waals surface area contributed by atoms with Crippen LogP contribution in [0.1, 0.15) is 0 Å². The molecule has 0 unspecified atom stereocenters. The fraction of sp³-hybridized carbons (Fsp3) is 0.211. The molecule has 1 aromatic carbocycles. The molecule has 0 amide bonds. The molecule has 1 aliphatic rings. The normalized spacial score (nSPS) is 15.0. The van der Waals surface area contributed by atoms with E-state index in [0.29, 0.717) is 5.95 Å². The third kappa shape index (κ3) is 3.85. The van der Waals surface area contributed by atoms with Crippen LogP contribution in [0.5, 0.6) is 0 Å². The smallest absolute Gasteiger partial charge is 0.251 e. The van der Waals surface area contributed by atoms with Gasteiger partial charge in [-0.15, -0.1) is 11.3 Å². The predicted octanol–water partition coefficient (Wildman–Crippen LogP) is 3.69. The molecule has 0 N–H and O–H groups in total. The largest absolute Gasteiger partial charge is 0.368 e. The lowest BCUT2D eigenvalue weighted by molar-refractivity contribution is 0.396. The summed E-state index contributed by atoms with van der Waals surface area (Å²) in [7, 11) is 0.